The number of hydrogen-bond acceptors (Lipinski definition) is 5. The first-order chi connectivity index (χ1) is 9.36. The highest BCUT2D eigenvalue weighted by Gasteiger charge is 2.30. The second kappa shape index (κ2) is 5.49. The summed E-state index contributed by atoms with van der Waals surface area (Å²) >= 11 is 1.27. The fraction of sp³-hybridized carbons (Fsp3) is 0.167. The lowest BCUT2D eigenvalue weighted by Crippen LogP contribution is -2.05. The van der Waals surface area contributed by atoms with Crippen molar-refractivity contribution in [2.75, 3.05) is 11.2 Å². The predicted octanol–water partition coefficient (Wildman–Crippen LogP) is 3.58. The number of hydrogen-bond donors (Lipinski definition) is 2. The molecule has 0 amide bonds. The van der Waals surface area contributed by atoms with Crippen molar-refractivity contribution in [2.24, 2.45) is 5.10 Å². The molecule has 0 fully saturated rings. The Hall–Kier alpha value is -2.09. The molecule has 0 spiro atoms. The average Bonchev–Trinajstić information content (AvgIpc) is 2.82. The summed E-state index contributed by atoms with van der Waals surface area (Å²) in [5.41, 5.74) is 8.73. The highest BCUT2D eigenvalue weighted by molar-refractivity contribution is 7.13. The van der Waals surface area contributed by atoms with Gasteiger partial charge in [-0.25, -0.2) is 4.98 Å². The fourth-order valence-corrected chi connectivity index (χ4v) is 2.03. The molecule has 0 saturated carbocycles. The third kappa shape index (κ3) is 3.47. The van der Waals surface area contributed by atoms with Crippen molar-refractivity contribution in [3.63, 3.8) is 0 Å². The van der Waals surface area contributed by atoms with Gasteiger partial charge < -0.3 is 5.73 Å². The number of halogens is 3. The molecule has 0 aliphatic rings. The molecule has 20 heavy (non-hydrogen) atoms. The number of hydrazone groups is 1. The standard InChI is InChI=1S/C12H11F3N4S/c1-7(10-6-20-11(16)17-10)18-19-9-4-2-3-8(5-9)12(13,14)15/h2-6,19H,1H3,(H2,16,17). The van der Waals surface area contributed by atoms with Crippen LogP contribution >= 0.6 is 11.3 Å². The highest BCUT2D eigenvalue weighted by atomic mass is 32.1. The van der Waals surface area contributed by atoms with E-state index in [0.717, 1.165) is 12.1 Å². The topological polar surface area (TPSA) is 63.3 Å². The van der Waals surface area contributed by atoms with Crippen molar-refractivity contribution >= 4 is 27.9 Å². The van der Waals surface area contributed by atoms with Crippen molar-refractivity contribution in [2.45, 2.75) is 13.1 Å². The molecule has 0 aliphatic heterocycles. The van der Waals surface area contributed by atoms with Gasteiger partial charge in [0.05, 0.1) is 22.7 Å². The number of anilines is 2. The molecule has 1 heterocycles. The zero-order valence-corrected chi connectivity index (χ0v) is 11.2. The van der Waals surface area contributed by atoms with Crippen LogP contribution in [0.4, 0.5) is 24.0 Å². The first-order valence-corrected chi connectivity index (χ1v) is 6.43. The van der Waals surface area contributed by atoms with E-state index in [2.05, 4.69) is 15.5 Å². The van der Waals surface area contributed by atoms with E-state index in [4.69, 9.17) is 5.73 Å². The van der Waals surface area contributed by atoms with E-state index in [1.165, 1.54) is 23.5 Å². The molecular weight excluding hydrogens is 289 g/mol. The van der Waals surface area contributed by atoms with Crippen LogP contribution < -0.4 is 11.2 Å². The van der Waals surface area contributed by atoms with Gasteiger partial charge in [-0.1, -0.05) is 6.07 Å². The maximum atomic E-state index is 12.5. The van der Waals surface area contributed by atoms with Gasteiger partial charge >= 0.3 is 6.18 Å². The molecule has 0 aliphatic carbocycles. The summed E-state index contributed by atoms with van der Waals surface area (Å²) in [5.74, 6) is 0. The lowest BCUT2D eigenvalue weighted by atomic mass is 10.2. The molecule has 2 rings (SSSR count). The number of alkyl halides is 3. The van der Waals surface area contributed by atoms with Crippen LogP contribution in [-0.2, 0) is 6.18 Å². The van der Waals surface area contributed by atoms with Gasteiger partial charge in [0.1, 0.15) is 0 Å². The highest BCUT2D eigenvalue weighted by Crippen LogP contribution is 2.30. The summed E-state index contributed by atoms with van der Waals surface area (Å²) in [6, 6.07) is 4.81. The van der Waals surface area contributed by atoms with E-state index >= 15 is 0 Å². The molecule has 4 nitrogen and oxygen atoms in total. The van der Waals surface area contributed by atoms with Gasteiger partial charge in [-0.05, 0) is 25.1 Å². The number of nitrogens with one attached hydrogen (secondary N) is 1. The van der Waals surface area contributed by atoms with E-state index in [0.29, 0.717) is 16.5 Å². The molecule has 0 radical (unpaired) electrons. The van der Waals surface area contributed by atoms with Crippen LogP contribution in [-0.4, -0.2) is 10.7 Å². The Morgan fingerprint density at radius 1 is 1.40 bits per heavy atom. The Kier molecular flexibility index (Phi) is 3.93. The summed E-state index contributed by atoms with van der Waals surface area (Å²) in [4.78, 5) is 4.03. The first kappa shape index (κ1) is 14.3. The first-order valence-electron chi connectivity index (χ1n) is 5.55. The van der Waals surface area contributed by atoms with Crippen LogP contribution in [0.5, 0.6) is 0 Å². The summed E-state index contributed by atoms with van der Waals surface area (Å²) in [6.45, 7) is 1.69. The van der Waals surface area contributed by atoms with Gasteiger partial charge in [-0.2, -0.15) is 18.3 Å². The van der Waals surface area contributed by atoms with Crippen LogP contribution in [0.25, 0.3) is 0 Å². The van der Waals surface area contributed by atoms with Crippen molar-refractivity contribution in [3.8, 4) is 0 Å². The fourth-order valence-electron chi connectivity index (χ4n) is 1.42. The molecule has 0 bridgehead atoms. The Labute approximate surface area is 117 Å². The van der Waals surface area contributed by atoms with Gasteiger partial charge in [0, 0.05) is 5.38 Å². The van der Waals surface area contributed by atoms with Crippen LogP contribution in [0, 0.1) is 0 Å². The quantitative estimate of drug-likeness (QED) is 0.672. The summed E-state index contributed by atoms with van der Waals surface area (Å²) in [6.07, 6.45) is -4.38. The Morgan fingerprint density at radius 2 is 2.15 bits per heavy atom. The number of thiazole rings is 1. The maximum Gasteiger partial charge on any atom is 0.416 e. The summed E-state index contributed by atoms with van der Waals surface area (Å²) in [5, 5.41) is 6.12. The van der Waals surface area contributed by atoms with Crippen LogP contribution in [0.15, 0.2) is 34.7 Å². The monoisotopic (exact) mass is 300 g/mol. The molecule has 106 valence electrons. The minimum atomic E-state index is -4.38. The Morgan fingerprint density at radius 3 is 2.75 bits per heavy atom. The van der Waals surface area contributed by atoms with Crippen molar-refractivity contribution < 1.29 is 13.2 Å². The number of nitrogens with two attached hydrogens (primary N) is 1. The van der Waals surface area contributed by atoms with Gasteiger partial charge in [-0.3, -0.25) is 5.43 Å². The third-order valence-corrected chi connectivity index (χ3v) is 3.11. The number of rotatable bonds is 3. The van der Waals surface area contributed by atoms with E-state index in [1.54, 1.807) is 12.3 Å². The second-order valence-electron chi connectivity index (χ2n) is 3.96. The normalized spacial score (nSPS) is 12.5. The van der Waals surface area contributed by atoms with Crippen molar-refractivity contribution in [1.82, 2.24) is 4.98 Å². The van der Waals surface area contributed by atoms with Crippen LogP contribution in [0.2, 0.25) is 0 Å². The molecule has 2 aromatic rings. The summed E-state index contributed by atoms with van der Waals surface area (Å²) < 4.78 is 37.6. The Bertz CT molecular complexity index is 634. The van der Waals surface area contributed by atoms with Crippen molar-refractivity contribution in [1.29, 1.82) is 0 Å². The molecule has 0 atom stereocenters. The van der Waals surface area contributed by atoms with Gasteiger partial charge in [-0.15, -0.1) is 11.3 Å². The minimum Gasteiger partial charge on any atom is -0.375 e. The molecular formula is C12H11F3N4S. The van der Waals surface area contributed by atoms with Gasteiger partial charge in [0.25, 0.3) is 0 Å². The summed E-state index contributed by atoms with van der Waals surface area (Å²) in [7, 11) is 0. The van der Waals surface area contributed by atoms with Crippen LogP contribution in [0.3, 0.4) is 0 Å². The minimum absolute atomic E-state index is 0.252. The largest absolute Gasteiger partial charge is 0.416 e. The molecule has 0 unspecified atom stereocenters. The van der Waals surface area contributed by atoms with E-state index in [1.807, 2.05) is 0 Å². The molecule has 1 aromatic carbocycles. The average molecular weight is 300 g/mol. The number of nitrogen functional groups attached to an aromatic ring is 1. The predicted molar refractivity (Wildman–Crippen MR) is 73.8 cm³/mol. The lowest BCUT2D eigenvalue weighted by Gasteiger charge is -2.08. The number of aromatic nitrogens is 1. The second-order valence-corrected chi connectivity index (χ2v) is 4.85. The lowest BCUT2D eigenvalue weighted by molar-refractivity contribution is -0.137. The van der Waals surface area contributed by atoms with E-state index in [9.17, 15) is 13.2 Å². The van der Waals surface area contributed by atoms with Gasteiger partial charge in [0.15, 0.2) is 5.13 Å². The molecule has 1 aromatic heterocycles. The van der Waals surface area contributed by atoms with E-state index in [-0.39, 0.29) is 5.69 Å². The van der Waals surface area contributed by atoms with Crippen molar-refractivity contribution in [3.05, 3.63) is 40.9 Å². The molecule has 0 saturated heterocycles. The SMILES string of the molecule is CC(=NNc1cccc(C(F)(F)F)c1)c1csc(N)n1. The molecule has 8 heteroatoms. The van der Waals surface area contributed by atoms with Crippen LogP contribution in [0.1, 0.15) is 18.2 Å². The zero-order valence-electron chi connectivity index (χ0n) is 10.4. The maximum absolute atomic E-state index is 12.5. The van der Waals surface area contributed by atoms with E-state index < -0.39 is 11.7 Å². The Balaban J connectivity index is 2.15. The smallest absolute Gasteiger partial charge is 0.375 e. The van der Waals surface area contributed by atoms with Gasteiger partial charge in [0.2, 0.25) is 0 Å². The molecule has 3 N–H and O–H groups in total. The number of nitrogens with zero attached hydrogens (tertiary/aromatic N) is 2. The number of benzene rings is 1. The zero-order chi connectivity index (χ0) is 14.8. The third-order valence-electron chi connectivity index (χ3n) is 2.44.